The lowest BCUT2D eigenvalue weighted by Gasteiger charge is -2.34. The molecule has 1 saturated carbocycles. The second-order valence-corrected chi connectivity index (χ2v) is 7.80. The molecule has 5 nitrogen and oxygen atoms in total. The summed E-state index contributed by atoms with van der Waals surface area (Å²) in [6, 6.07) is 0. The van der Waals surface area contributed by atoms with Gasteiger partial charge in [-0.2, -0.15) is 0 Å². The van der Waals surface area contributed by atoms with Crippen molar-refractivity contribution in [1.29, 1.82) is 0 Å². The standard InChI is InChI=1S/C17H28N4OS/c22-17(19-10-15-4-2-1-3-5-15)13-21-8-6-20(7-9-21)12-16-11-18-14-23-16/h11,14-15H,1-10,12-13H2,(H,19,22). The summed E-state index contributed by atoms with van der Waals surface area (Å²) < 4.78 is 0. The maximum atomic E-state index is 12.1. The van der Waals surface area contributed by atoms with E-state index >= 15 is 0 Å². The van der Waals surface area contributed by atoms with Crippen LogP contribution in [-0.4, -0.2) is 60.0 Å². The van der Waals surface area contributed by atoms with Gasteiger partial charge < -0.3 is 5.32 Å². The third kappa shape index (κ3) is 5.55. The van der Waals surface area contributed by atoms with E-state index in [2.05, 4.69) is 20.1 Å². The molecule has 6 heteroatoms. The van der Waals surface area contributed by atoms with Gasteiger partial charge in [-0.3, -0.25) is 19.6 Å². The predicted octanol–water partition coefficient (Wildman–Crippen LogP) is 1.96. The van der Waals surface area contributed by atoms with Crippen LogP contribution in [0.4, 0.5) is 0 Å². The molecule has 1 aromatic heterocycles. The summed E-state index contributed by atoms with van der Waals surface area (Å²) in [5.41, 5.74) is 1.89. The molecule has 0 bridgehead atoms. The topological polar surface area (TPSA) is 48.5 Å². The van der Waals surface area contributed by atoms with Crippen LogP contribution in [0.2, 0.25) is 0 Å². The van der Waals surface area contributed by atoms with E-state index in [1.54, 1.807) is 11.3 Å². The number of aromatic nitrogens is 1. The molecule has 1 aromatic rings. The van der Waals surface area contributed by atoms with Gasteiger partial charge in [0.2, 0.25) is 5.91 Å². The molecule has 2 heterocycles. The molecule has 1 aliphatic heterocycles. The predicted molar refractivity (Wildman–Crippen MR) is 93.4 cm³/mol. The number of thiazole rings is 1. The van der Waals surface area contributed by atoms with Gasteiger partial charge in [-0.25, -0.2) is 0 Å². The minimum atomic E-state index is 0.200. The number of nitrogens with zero attached hydrogens (tertiary/aromatic N) is 3. The highest BCUT2D eigenvalue weighted by molar-refractivity contribution is 7.09. The first-order chi connectivity index (χ1) is 11.3. The lowest BCUT2D eigenvalue weighted by molar-refractivity contribution is -0.122. The Bertz CT molecular complexity index is 465. The van der Waals surface area contributed by atoms with Gasteiger partial charge in [-0.05, 0) is 18.8 Å². The third-order valence-corrected chi connectivity index (χ3v) is 5.77. The van der Waals surface area contributed by atoms with Crippen molar-refractivity contribution < 1.29 is 4.79 Å². The number of rotatable bonds is 6. The number of carbonyl (C=O) groups excluding carboxylic acids is 1. The summed E-state index contributed by atoms with van der Waals surface area (Å²) in [5.74, 6) is 0.912. The van der Waals surface area contributed by atoms with Gasteiger partial charge in [0.05, 0.1) is 12.1 Å². The van der Waals surface area contributed by atoms with Gasteiger partial charge in [0.15, 0.2) is 0 Å². The van der Waals surface area contributed by atoms with Crippen LogP contribution in [0.25, 0.3) is 0 Å². The molecule has 0 atom stereocenters. The van der Waals surface area contributed by atoms with Crippen LogP contribution in [-0.2, 0) is 11.3 Å². The molecule has 1 aliphatic carbocycles. The maximum Gasteiger partial charge on any atom is 0.234 e. The average Bonchev–Trinajstić information content (AvgIpc) is 3.09. The molecular weight excluding hydrogens is 308 g/mol. The number of piperazine rings is 1. The van der Waals surface area contributed by atoms with Crippen molar-refractivity contribution in [3.8, 4) is 0 Å². The zero-order chi connectivity index (χ0) is 15.9. The number of amides is 1. The van der Waals surface area contributed by atoms with Crippen LogP contribution in [0.3, 0.4) is 0 Å². The second kappa shape index (κ2) is 8.76. The fourth-order valence-electron chi connectivity index (χ4n) is 3.55. The molecule has 128 valence electrons. The fraction of sp³-hybridized carbons (Fsp3) is 0.765. The van der Waals surface area contributed by atoms with E-state index in [9.17, 15) is 4.79 Å². The lowest BCUT2D eigenvalue weighted by Crippen LogP contribution is -2.49. The van der Waals surface area contributed by atoms with Crippen LogP contribution >= 0.6 is 11.3 Å². The Morgan fingerprint density at radius 2 is 1.91 bits per heavy atom. The Kier molecular flexibility index (Phi) is 6.42. The van der Waals surface area contributed by atoms with Crippen molar-refractivity contribution >= 4 is 17.2 Å². The molecule has 0 aromatic carbocycles. The van der Waals surface area contributed by atoms with Crippen molar-refractivity contribution in [1.82, 2.24) is 20.1 Å². The summed E-state index contributed by atoms with van der Waals surface area (Å²) >= 11 is 1.72. The van der Waals surface area contributed by atoms with Crippen molar-refractivity contribution in [3.05, 3.63) is 16.6 Å². The van der Waals surface area contributed by atoms with Crippen LogP contribution in [0.1, 0.15) is 37.0 Å². The molecule has 0 radical (unpaired) electrons. The van der Waals surface area contributed by atoms with Crippen LogP contribution in [0, 0.1) is 5.92 Å². The Hall–Kier alpha value is -0.980. The Morgan fingerprint density at radius 3 is 2.61 bits per heavy atom. The monoisotopic (exact) mass is 336 g/mol. The number of hydrogen-bond acceptors (Lipinski definition) is 5. The molecule has 1 amide bonds. The van der Waals surface area contributed by atoms with E-state index in [0.717, 1.165) is 39.3 Å². The molecular formula is C17H28N4OS. The molecule has 1 N–H and O–H groups in total. The summed E-state index contributed by atoms with van der Waals surface area (Å²) in [7, 11) is 0. The van der Waals surface area contributed by atoms with Gasteiger partial charge in [0.1, 0.15) is 0 Å². The van der Waals surface area contributed by atoms with Gasteiger partial charge >= 0.3 is 0 Å². The van der Waals surface area contributed by atoms with E-state index in [4.69, 9.17) is 0 Å². The first-order valence-corrected chi connectivity index (χ1v) is 9.76. The smallest absolute Gasteiger partial charge is 0.234 e. The Balaban J connectivity index is 1.31. The summed E-state index contributed by atoms with van der Waals surface area (Å²) in [4.78, 5) is 22.3. The van der Waals surface area contributed by atoms with Crippen molar-refractivity contribution in [2.45, 2.75) is 38.6 Å². The van der Waals surface area contributed by atoms with E-state index in [0.29, 0.717) is 12.5 Å². The van der Waals surface area contributed by atoms with Crippen molar-refractivity contribution in [3.63, 3.8) is 0 Å². The Morgan fingerprint density at radius 1 is 1.17 bits per heavy atom. The highest BCUT2D eigenvalue weighted by Gasteiger charge is 2.20. The maximum absolute atomic E-state index is 12.1. The van der Waals surface area contributed by atoms with E-state index in [-0.39, 0.29) is 5.91 Å². The quantitative estimate of drug-likeness (QED) is 0.863. The van der Waals surface area contributed by atoms with Crippen LogP contribution in [0.15, 0.2) is 11.7 Å². The van der Waals surface area contributed by atoms with Crippen LogP contribution in [0.5, 0.6) is 0 Å². The van der Waals surface area contributed by atoms with E-state index in [1.165, 1.54) is 37.0 Å². The SMILES string of the molecule is O=C(CN1CCN(Cc2cncs2)CC1)NCC1CCCCC1. The van der Waals surface area contributed by atoms with E-state index < -0.39 is 0 Å². The molecule has 2 aliphatic rings. The first kappa shape index (κ1) is 16.9. The molecule has 0 unspecified atom stereocenters. The second-order valence-electron chi connectivity index (χ2n) is 6.83. The zero-order valence-electron chi connectivity index (χ0n) is 13.9. The van der Waals surface area contributed by atoms with Crippen molar-refractivity contribution in [2.24, 2.45) is 5.92 Å². The third-order valence-electron chi connectivity index (χ3n) is 5.01. The van der Waals surface area contributed by atoms with Gasteiger partial charge in [0, 0.05) is 50.3 Å². The summed E-state index contributed by atoms with van der Waals surface area (Å²) in [5, 5.41) is 3.15. The Labute approximate surface area is 143 Å². The number of hydrogen-bond donors (Lipinski definition) is 1. The minimum absolute atomic E-state index is 0.200. The molecule has 1 saturated heterocycles. The minimum Gasteiger partial charge on any atom is -0.355 e. The molecule has 23 heavy (non-hydrogen) atoms. The largest absolute Gasteiger partial charge is 0.355 e. The van der Waals surface area contributed by atoms with Crippen molar-refractivity contribution in [2.75, 3.05) is 39.3 Å². The summed E-state index contributed by atoms with van der Waals surface area (Å²) in [6.45, 7) is 6.46. The normalized spacial score (nSPS) is 21.4. The number of nitrogens with one attached hydrogen (secondary N) is 1. The first-order valence-electron chi connectivity index (χ1n) is 8.88. The highest BCUT2D eigenvalue weighted by atomic mass is 32.1. The zero-order valence-corrected chi connectivity index (χ0v) is 14.7. The van der Waals surface area contributed by atoms with Gasteiger partial charge in [-0.1, -0.05) is 19.3 Å². The highest BCUT2D eigenvalue weighted by Crippen LogP contribution is 2.22. The number of carbonyl (C=O) groups is 1. The van der Waals surface area contributed by atoms with Gasteiger partial charge in [-0.15, -0.1) is 11.3 Å². The molecule has 3 rings (SSSR count). The lowest BCUT2D eigenvalue weighted by atomic mass is 9.89. The summed E-state index contributed by atoms with van der Waals surface area (Å²) in [6.07, 6.45) is 8.57. The fourth-order valence-corrected chi connectivity index (χ4v) is 4.19. The average molecular weight is 337 g/mol. The molecule has 2 fully saturated rings. The van der Waals surface area contributed by atoms with E-state index in [1.807, 2.05) is 11.7 Å². The van der Waals surface area contributed by atoms with Crippen LogP contribution < -0.4 is 5.32 Å². The molecule has 0 spiro atoms. The van der Waals surface area contributed by atoms with Gasteiger partial charge in [0.25, 0.3) is 0 Å².